The van der Waals surface area contributed by atoms with E-state index in [1.807, 2.05) is 0 Å². The zero-order chi connectivity index (χ0) is 18.7. The minimum atomic E-state index is -0.839. The number of carboxylic acid groups (broad SMARTS) is 1. The summed E-state index contributed by atoms with van der Waals surface area (Å²) in [5.74, 6) is -1.49. The number of carbonyl (C=O) groups is 2. The molecule has 2 N–H and O–H groups in total. The molecule has 0 spiro atoms. The van der Waals surface area contributed by atoms with Crippen LogP contribution in [0.2, 0.25) is 0 Å². The van der Waals surface area contributed by atoms with Gasteiger partial charge in [-0.2, -0.15) is 0 Å². The first-order valence-electron chi connectivity index (χ1n) is 8.46. The van der Waals surface area contributed by atoms with Gasteiger partial charge in [-0.1, -0.05) is 12.1 Å². The van der Waals surface area contributed by atoms with Crippen LogP contribution in [-0.2, 0) is 16.0 Å². The molecule has 0 saturated heterocycles. The molecule has 1 aliphatic rings. The number of aryl methyl sites for hydroxylation is 1. The highest BCUT2D eigenvalue weighted by molar-refractivity contribution is 5.81. The minimum absolute atomic E-state index is 0.199. The molecule has 1 aromatic heterocycles. The quantitative estimate of drug-likeness (QED) is 0.802. The number of carbonyl (C=O) groups excluding carboxylic acids is 1. The molecule has 1 unspecified atom stereocenters. The molecule has 1 aliphatic carbocycles. The molecular formula is C17H20FN5O3. The lowest BCUT2D eigenvalue weighted by molar-refractivity contribution is -0.141. The molecular weight excluding hydrogens is 341 g/mol. The SMILES string of the molecule is Cc1nnnn1C(Cc1cccc(F)c1)C(=O)N[C@@H]1CC[C@H](C(=O)O)C1. The van der Waals surface area contributed by atoms with Gasteiger partial charge in [-0.25, -0.2) is 9.07 Å². The second-order valence-electron chi connectivity index (χ2n) is 6.57. The van der Waals surface area contributed by atoms with Crippen LogP contribution >= 0.6 is 0 Å². The number of benzene rings is 1. The Balaban J connectivity index is 1.76. The first-order chi connectivity index (χ1) is 12.4. The van der Waals surface area contributed by atoms with Gasteiger partial charge in [0.05, 0.1) is 5.92 Å². The molecule has 1 aromatic carbocycles. The minimum Gasteiger partial charge on any atom is -0.481 e. The summed E-state index contributed by atoms with van der Waals surface area (Å²) in [6.07, 6.45) is 1.79. The van der Waals surface area contributed by atoms with Crippen molar-refractivity contribution in [3.05, 3.63) is 41.5 Å². The van der Waals surface area contributed by atoms with Crippen molar-refractivity contribution >= 4 is 11.9 Å². The molecule has 3 rings (SSSR count). The Kier molecular flexibility index (Phi) is 5.24. The summed E-state index contributed by atoms with van der Waals surface area (Å²) in [5, 5.41) is 23.3. The number of tetrazole rings is 1. The number of amides is 1. The van der Waals surface area contributed by atoms with Gasteiger partial charge >= 0.3 is 5.97 Å². The van der Waals surface area contributed by atoms with E-state index in [0.29, 0.717) is 30.7 Å². The monoisotopic (exact) mass is 361 g/mol. The van der Waals surface area contributed by atoms with Gasteiger partial charge in [-0.3, -0.25) is 9.59 Å². The van der Waals surface area contributed by atoms with Crippen LogP contribution in [0.15, 0.2) is 24.3 Å². The zero-order valence-corrected chi connectivity index (χ0v) is 14.3. The average molecular weight is 361 g/mol. The normalized spacial score (nSPS) is 20.7. The maximum Gasteiger partial charge on any atom is 0.306 e. The fourth-order valence-electron chi connectivity index (χ4n) is 3.34. The molecule has 138 valence electrons. The van der Waals surface area contributed by atoms with Gasteiger partial charge < -0.3 is 10.4 Å². The number of carboxylic acids is 1. The van der Waals surface area contributed by atoms with E-state index in [1.54, 1.807) is 19.1 Å². The summed E-state index contributed by atoms with van der Waals surface area (Å²) in [6.45, 7) is 1.68. The van der Waals surface area contributed by atoms with E-state index in [0.717, 1.165) is 0 Å². The lowest BCUT2D eigenvalue weighted by Crippen LogP contribution is -2.40. The number of nitrogens with one attached hydrogen (secondary N) is 1. The highest BCUT2D eigenvalue weighted by atomic mass is 19.1. The number of hydrogen-bond acceptors (Lipinski definition) is 5. The molecule has 26 heavy (non-hydrogen) atoms. The van der Waals surface area contributed by atoms with Gasteiger partial charge in [0.1, 0.15) is 17.7 Å². The van der Waals surface area contributed by atoms with Crippen molar-refractivity contribution < 1.29 is 19.1 Å². The molecule has 1 saturated carbocycles. The smallest absolute Gasteiger partial charge is 0.306 e. The Hall–Kier alpha value is -2.84. The van der Waals surface area contributed by atoms with Crippen molar-refractivity contribution in [3.8, 4) is 0 Å². The van der Waals surface area contributed by atoms with Gasteiger partial charge in [-0.05, 0) is 54.3 Å². The Morgan fingerprint density at radius 2 is 2.23 bits per heavy atom. The van der Waals surface area contributed by atoms with Crippen LogP contribution in [0.3, 0.4) is 0 Å². The van der Waals surface area contributed by atoms with Gasteiger partial charge in [0.2, 0.25) is 5.91 Å². The van der Waals surface area contributed by atoms with Crippen LogP contribution in [0.4, 0.5) is 4.39 Å². The molecule has 1 heterocycles. The summed E-state index contributed by atoms with van der Waals surface area (Å²) in [4.78, 5) is 23.9. The van der Waals surface area contributed by atoms with Crippen LogP contribution in [0.1, 0.15) is 36.7 Å². The Morgan fingerprint density at radius 1 is 1.42 bits per heavy atom. The Bertz CT molecular complexity index is 809. The van der Waals surface area contributed by atoms with Gasteiger partial charge in [0, 0.05) is 12.5 Å². The molecule has 3 atom stereocenters. The molecule has 1 fully saturated rings. The summed E-state index contributed by atoms with van der Waals surface area (Å²) in [7, 11) is 0. The molecule has 8 nitrogen and oxygen atoms in total. The summed E-state index contributed by atoms with van der Waals surface area (Å²) >= 11 is 0. The summed E-state index contributed by atoms with van der Waals surface area (Å²) < 4.78 is 14.9. The van der Waals surface area contributed by atoms with Crippen molar-refractivity contribution in [2.75, 3.05) is 0 Å². The van der Waals surface area contributed by atoms with Crippen molar-refractivity contribution in [1.82, 2.24) is 25.5 Å². The third kappa shape index (κ3) is 4.04. The second kappa shape index (κ2) is 7.59. The Morgan fingerprint density at radius 3 is 2.85 bits per heavy atom. The van der Waals surface area contributed by atoms with Crippen LogP contribution in [0, 0.1) is 18.7 Å². The molecule has 2 aromatic rings. The van der Waals surface area contributed by atoms with E-state index in [1.165, 1.54) is 16.8 Å². The van der Waals surface area contributed by atoms with E-state index < -0.39 is 17.9 Å². The predicted octanol–water partition coefficient (Wildman–Crippen LogP) is 1.27. The third-order valence-corrected chi connectivity index (χ3v) is 4.70. The van der Waals surface area contributed by atoms with E-state index in [4.69, 9.17) is 5.11 Å². The molecule has 0 bridgehead atoms. The van der Waals surface area contributed by atoms with Crippen LogP contribution in [0.25, 0.3) is 0 Å². The lowest BCUT2D eigenvalue weighted by Gasteiger charge is -2.20. The summed E-state index contributed by atoms with van der Waals surface area (Å²) in [5.41, 5.74) is 0.648. The van der Waals surface area contributed by atoms with E-state index in [-0.39, 0.29) is 24.2 Å². The molecule has 1 amide bonds. The van der Waals surface area contributed by atoms with E-state index >= 15 is 0 Å². The van der Waals surface area contributed by atoms with Gasteiger partial charge in [0.15, 0.2) is 0 Å². The highest BCUT2D eigenvalue weighted by Crippen LogP contribution is 2.26. The highest BCUT2D eigenvalue weighted by Gasteiger charge is 2.33. The van der Waals surface area contributed by atoms with E-state index in [9.17, 15) is 14.0 Å². The fourth-order valence-corrected chi connectivity index (χ4v) is 3.34. The zero-order valence-electron chi connectivity index (χ0n) is 14.3. The standard InChI is InChI=1S/C17H20FN5O3/c1-10-20-21-22-23(10)15(8-11-3-2-4-13(18)7-11)16(24)19-14-6-5-12(9-14)17(25)26/h2-4,7,12,14-15H,5-6,8-9H2,1H3,(H,19,24)(H,25,26)/t12-,14+,15?/m0/s1. The maximum absolute atomic E-state index is 13.5. The maximum atomic E-state index is 13.5. The first-order valence-corrected chi connectivity index (χ1v) is 8.46. The predicted molar refractivity (Wildman–Crippen MR) is 88.6 cm³/mol. The Labute approximate surface area is 149 Å². The van der Waals surface area contributed by atoms with E-state index in [2.05, 4.69) is 20.8 Å². The number of hydrogen-bond donors (Lipinski definition) is 2. The van der Waals surface area contributed by atoms with Crippen LogP contribution < -0.4 is 5.32 Å². The second-order valence-corrected chi connectivity index (χ2v) is 6.57. The summed E-state index contributed by atoms with van der Waals surface area (Å²) in [6, 6.07) is 5.09. The lowest BCUT2D eigenvalue weighted by atomic mass is 10.0. The van der Waals surface area contributed by atoms with Crippen molar-refractivity contribution in [1.29, 1.82) is 0 Å². The number of aliphatic carboxylic acids is 1. The number of rotatable bonds is 6. The van der Waals surface area contributed by atoms with Crippen molar-refractivity contribution in [3.63, 3.8) is 0 Å². The molecule has 9 heteroatoms. The van der Waals surface area contributed by atoms with Crippen LogP contribution in [0.5, 0.6) is 0 Å². The third-order valence-electron chi connectivity index (χ3n) is 4.70. The van der Waals surface area contributed by atoms with Crippen LogP contribution in [-0.4, -0.2) is 43.2 Å². The topological polar surface area (TPSA) is 110 Å². The number of aromatic nitrogens is 4. The average Bonchev–Trinajstić information content (AvgIpc) is 3.22. The number of nitrogens with zero attached hydrogens (tertiary/aromatic N) is 4. The van der Waals surface area contributed by atoms with Gasteiger partial charge in [0.25, 0.3) is 0 Å². The van der Waals surface area contributed by atoms with Crippen molar-refractivity contribution in [2.24, 2.45) is 5.92 Å². The fraction of sp³-hybridized carbons (Fsp3) is 0.471. The first kappa shape index (κ1) is 18.0. The molecule has 0 aliphatic heterocycles. The number of halogens is 1. The van der Waals surface area contributed by atoms with Crippen molar-refractivity contribution in [2.45, 2.75) is 44.7 Å². The molecule has 0 radical (unpaired) electrons. The van der Waals surface area contributed by atoms with Gasteiger partial charge in [-0.15, -0.1) is 5.10 Å². The largest absolute Gasteiger partial charge is 0.481 e.